The van der Waals surface area contributed by atoms with Gasteiger partial charge < -0.3 is 5.32 Å². The number of thioether (sulfide) groups is 1. The molecule has 0 saturated carbocycles. The maximum absolute atomic E-state index is 13.8. The summed E-state index contributed by atoms with van der Waals surface area (Å²) in [4.78, 5) is 54.7. The molecule has 2 aliphatic rings. The number of nitrogens with one attached hydrogen (secondary N) is 1. The number of aromatic nitrogens is 1. The van der Waals surface area contributed by atoms with Gasteiger partial charge in [0.25, 0.3) is 0 Å². The van der Waals surface area contributed by atoms with E-state index in [-0.39, 0.29) is 6.54 Å². The lowest BCUT2D eigenvalue weighted by molar-refractivity contribution is -0.122. The topological polar surface area (TPSA) is 88.5 Å². The van der Waals surface area contributed by atoms with Crippen LogP contribution in [-0.4, -0.2) is 27.5 Å². The van der Waals surface area contributed by atoms with Crippen LogP contribution < -0.4 is 15.1 Å². The van der Waals surface area contributed by atoms with Crippen LogP contribution in [0.15, 0.2) is 82.6 Å². The third kappa shape index (κ3) is 4.63. The Labute approximate surface area is 239 Å². The Morgan fingerprint density at radius 2 is 1.50 bits per heavy atom. The van der Waals surface area contributed by atoms with Gasteiger partial charge in [-0.25, -0.2) is 13.7 Å². The number of halogens is 3. The molecule has 0 spiro atoms. The van der Waals surface area contributed by atoms with Crippen molar-refractivity contribution >= 4 is 63.8 Å². The fourth-order valence-corrected chi connectivity index (χ4v) is 7.91. The molecule has 3 amide bonds. The summed E-state index contributed by atoms with van der Waals surface area (Å²) in [5.41, 5.74) is 1.29. The number of anilines is 2. The predicted molar refractivity (Wildman–Crippen MR) is 149 cm³/mol. The first-order chi connectivity index (χ1) is 19.2. The molecule has 3 aromatic carbocycles. The zero-order chi connectivity index (χ0) is 28.1. The van der Waals surface area contributed by atoms with Gasteiger partial charge in [0.15, 0.2) is 0 Å². The van der Waals surface area contributed by atoms with Crippen LogP contribution in [0.3, 0.4) is 0 Å². The zero-order valence-corrected chi connectivity index (χ0v) is 22.7. The number of carbonyl (C=O) groups is 3. The number of imide groups is 1. The Kier molecular flexibility index (Phi) is 6.81. The summed E-state index contributed by atoms with van der Waals surface area (Å²) in [5.74, 6) is -3.91. The number of fused-ring (bicyclic) bond motifs is 2. The number of carbonyl (C=O) groups excluding carboxylic acids is 3. The number of thiazole rings is 1. The van der Waals surface area contributed by atoms with Gasteiger partial charge in [-0.05, 0) is 66.2 Å². The first-order valence-corrected chi connectivity index (χ1v) is 14.1. The molecular weight excluding hydrogens is 580 g/mol. The Bertz CT molecular complexity index is 1710. The lowest BCUT2D eigenvalue weighted by Crippen LogP contribution is -2.33. The van der Waals surface area contributed by atoms with E-state index in [1.807, 2.05) is 0 Å². The van der Waals surface area contributed by atoms with Crippen molar-refractivity contribution in [2.24, 2.45) is 5.92 Å². The van der Waals surface area contributed by atoms with Crippen molar-refractivity contribution in [1.29, 1.82) is 0 Å². The summed E-state index contributed by atoms with van der Waals surface area (Å²) in [6.45, 7) is -0.356. The van der Waals surface area contributed by atoms with E-state index >= 15 is 0 Å². The Morgan fingerprint density at radius 3 is 2.15 bits per heavy atom. The smallest absolute Gasteiger partial charge is 0.308 e. The molecule has 7 nitrogen and oxygen atoms in total. The minimum Gasteiger partial charge on any atom is -0.325 e. The number of hydrogen-bond donors (Lipinski definition) is 1. The first kappa shape index (κ1) is 26.4. The minimum absolute atomic E-state index is 0.356. The quantitative estimate of drug-likeness (QED) is 0.317. The molecule has 3 atom stereocenters. The molecule has 3 heterocycles. The average Bonchev–Trinajstić information content (AvgIpc) is 3.37. The SMILES string of the molecule is O=C(Cn1c2c(sc1=O)[C@@H](c1ccc(F)cc1)[C@@H]1C(=O)N(c3ccc(Cl)cc3)C(=O)[C@@H]1S2)Nc1ccc(F)cc1. The maximum Gasteiger partial charge on any atom is 0.308 e. The number of hydrogen-bond acceptors (Lipinski definition) is 6. The summed E-state index contributed by atoms with van der Waals surface area (Å²) in [6.07, 6.45) is 0. The molecule has 12 heteroatoms. The minimum atomic E-state index is -0.883. The summed E-state index contributed by atoms with van der Waals surface area (Å²) in [6, 6.07) is 17.1. The van der Waals surface area contributed by atoms with E-state index in [1.165, 1.54) is 53.1 Å². The highest BCUT2D eigenvalue weighted by molar-refractivity contribution is 8.00. The molecule has 1 N–H and O–H groups in total. The molecule has 1 aromatic heterocycles. The van der Waals surface area contributed by atoms with E-state index in [1.54, 1.807) is 24.3 Å². The lowest BCUT2D eigenvalue weighted by atomic mass is 9.83. The van der Waals surface area contributed by atoms with Crippen LogP contribution in [0.5, 0.6) is 0 Å². The predicted octanol–water partition coefficient (Wildman–Crippen LogP) is 5.28. The van der Waals surface area contributed by atoms with E-state index in [9.17, 15) is 28.0 Å². The summed E-state index contributed by atoms with van der Waals surface area (Å²) in [7, 11) is 0. The fourth-order valence-electron chi connectivity index (χ4n) is 5.01. The molecule has 4 aromatic rings. The highest BCUT2D eigenvalue weighted by Gasteiger charge is 2.56. The van der Waals surface area contributed by atoms with Gasteiger partial charge in [-0.15, -0.1) is 0 Å². The van der Waals surface area contributed by atoms with Crippen LogP contribution in [0.2, 0.25) is 5.02 Å². The van der Waals surface area contributed by atoms with Crippen molar-refractivity contribution in [3.05, 3.63) is 110 Å². The third-order valence-electron chi connectivity index (χ3n) is 6.79. The molecule has 202 valence electrons. The number of benzene rings is 3. The zero-order valence-electron chi connectivity index (χ0n) is 20.3. The third-order valence-corrected chi connectivity index (χ3v) is 9.65. The summed E-state index contributed by atoms with van der Waals surface area (Å²) < 4.78 is 28.3. The fraction of sp³-hybridized carbons (Fsp3) is 0.143. The van der Waals surface area contributed by atoms with Gasteiger partial charge in [0.2, 0.25) is 17.7 Å². The van der Waals surface area contributed by atoms with E-state index in [4.69, 9.17) is 11.6 Å². The van der Waals surface area contributed by atoms with Crippen molar-refractivity contribution in [2.45, 2.75) is 22.7 Å². The van der Waals surface area contributed by atoms with Crippen LogP contribution >= 0.6 is 34.7 Å². The summed E-state index contributed by atoms with van der Waals surface area (Å²) >= 11 is 7.96. The second-order valence-electron chi connectivity index (χ2n) is 9.26. The molecule has 0 radical (unpaired) electrons. The number of nitrogens with zero attached hydrogens (tertiary/aromatic N) is 2. The van der Waals surface area contributed by atoms with Crippen LogP contribution in [0.25, 0.3) is 0 Å². The monoisotopic (exact) mass is 597 g/mol. The molecule has 40 heavy (non-hydrogen) atoms. The maximum atomic E-state index is 13.8. The molecule has 1 fully saturated rings. The van der Waals surface area contributed by atoms with E-state index in [0.29, 0.717) is 31.9 Å². The highest BCUT2D eigenvalue weighted by Crippen LogP contribution is 2.53. The van der Waals surface area contributed by atoms with Crippen LogP contribution in [0, 0.1) is 17.6 Å². The van der Waals surface area contributed by atoms with Gasteiger partial charge in [-0.1, -0.05) is 46.8 Å². The van der Waals surface area contributed by atoms with Crippen molar-refractivity contribution in [3.8, 4) is 0 Å². The molecule has 6 rings (SSSR count). The van der Waals surface area contributed by atoms with Gasteiger partial charge in [-0.2, -0.15) is 0 Å². The standard InChI is InChI=1S/C28H18ClF2N3O4S2/c29-15-3-11-19(12-4-15)34-25(36)22-21(14-1-5-16(30)6-2-14)24-27(39-23(22)26(34)37)33(28(38)40-24)13-20(35)32-18-9-7-17(31)8-10-18/h1-12,21-23H,13H2,(H,32,35)/t21-,22-,23+/m0/s1. The largest absolute Gasteiger partial charge is 0.325 e. The molecule has 2 aliphatic heterocycles. The lowest BCUT2D eigenvalue weighted by Gasteiger charge is -2.30. The van der Waals surface area contributed by atoms with Crippen molar-refractivity contribution in [1.82, 2.24) is 4.57 Å². The summed E-state index contributed by atoms with van der Waals surface area (Å²) in [5, 5.41) is 2.60. The van der Waals surface area contributed by atoms with Gasteiger partial charge in [0.05, 0.1) is 16.6 Å². The number of rotatable bonds is 5. The van der Waals surface area contributed by atoms with Gasteiger partial charge in [0.1, 0.15) is 23.4 Å². The van der Waals surface area contributed by atoms with E-state index < -0.39 is 51.3 Å². The average molecular weight is 598 g/mol. The Morgan fingerprint density at radius 1 is 0.875 bits per heavy atom. The van der Waals surface area contributed by atoms with Gasteiger partial charge >= 0.3 is 4.87 Å². The van der Waals surface area contributed by atoms with E-state index in [0.717, 1.165) is 28.0 Å². The normalized spacial score (nSPS) is 19.9. The Balaban J connectivity index is 1.40. The molecule has 0 aliphatic carbocycles. The van der Waals surface area contributed by atoms with Crippen molar-refractivity contribution in [3.63, 3.8) is 0 Å². The van der Waals surface area contributed by atoms with Gasteiger partial charge in [-0.3, -0.25) is 23.7 Å². The van der Waals surface area contributed by atoms with Crippen LogP contribution in [0.4, 0.5) is 20.2 Å². The van der Waals surface area contributed by atoms with Gasteiger partial charge in [0, 0.05) is 21.5 Å². The molecule has 0 unspecified atom stereocenters. The molecular formula is C28H18ClF2N3O4S2. The van der Waals surface area contributed by atoms with Crippen LogP contribution in [-0.2, 0) is 20.9 Å². The molecule has 1 saturated heterocycles. The van der Waals surface area contributed by atoms with Crippen molar-refractivity contribution in [2.75, 3.05) is 10.2 Å². The second kappa shape index (κ2) is 10.3. The van der Waals surface area contributed by atoms with Crippen LogP contribution in [0.1, 0.15) is 16.4 Å². The highest BCUT2D eigenvalue weighted by atomic mass is 35.5. The second-order valence-corrected chi connectivity index (χ2v) is 11.8. The Hall–Kier alpha value is -3.80. The van der Waals surface area contributed by atoms with E-state index in [2.05, 4.69) is 5.32 Å². The first-order valence-electron chi connectivity index (χ1n) is 12.1. The van der Waals surface area contributed by atoms with Crippen molar-refractivity contribution < 1.29 is 23.2 Å². The molecule has 0 bridgehead atoms. The number of amides is 3.